The van der Waals surface area contributed by atoms with Crippen LogP contribution in [-0.4, -0.2) is 41.7 Å². The summed E-state index contributed by atoms with van der Waals surface area (Å²) in [6.07, 6.45) is 5.96. The van der Waals surface area contributed by atoms with Gasteiger partial charge in [-0.15, -0.1) is 0 Å². The van der Waals surface area contributed by atoms with Crippen LogP contribution in [0, 0.1) is 0 Å². The van der Waals surface area contributed by atoms with E-state index >= 15 is 0 Å². The normalized spacial score (nSPS) is 25.1. The number of pyridine rings is 1. The molecule has 1 N–H and O–H groups in total. The minimum absolute atomic E-state index is 0.0286. The number of nitrogens with one attached hydrogen (secondary N) is 1. The van der Waals surface area contributed by atoms with Crippen molar-refractivity contribution in [3.05, 3.63) is 54.9 Å². The Morgan fingerprint density at radius 2 is 1.62 bits per heavy atom. The molecule has 2 aliphatic heterocycles. The van der Waals surface area contributed by atoms with E-state index in [0.29, 0.717) is 23.4 Å². The lowest BCUT2D eigenvalue weighted by Gasteiger charge is -2.38. The molecule has 2 aromatic rings. The summed E-state index contributed by atoms with van der Waals surface area (Å²) in [5.74, 6) is 0. The van der Waals surface area contributed by atoms with Gasteiger partial charge in [-0.2, -0.15) is 0 Å². The molecule has 7 heteroatoms. The lowest BCUT2D eigenvalue weighted by Crippen LogP contribution is -2.51. The van der Waals surface area contributed by atoms with Crippen LogP contribution in [-0.2, 0) is 9.84 Å². The maximum atomic E-state index is 12.9. The van der Waals surface area contributed by atoms with Gasteiger partial charge in [-0.25, -0.2) is 13.2 Å². The van der Waals surface area contributed by atoms with Gasteiger partial charge in [-0.3, -0.25) is 4.98 Å². The van der Waals surface area contributed by atoms with Crippen LogP contribution in [0.1, 0.15) is 25.7 Å². The maximum Gasteiger partial charge on any atom is 0.322 e. The van der Waals surface area contributed by atoms with Gasteiger partial charge in [0.1, 0.15) is 0 Å². The first-order valence-corrected chi connectivity index (χ1v) is 10.4. The number of rotatable bonds is 3. The predicted molar refractivity (Wildman–Crippen MR) is 98.6 cm³/mol. The number of carbonyl (C=O) groups is 1. The van der Waals surface area contributed by atoms with Crippen molar-refractivity contribution in [2.75, 3.05) is 5.32 Å². The molecular formula is C19H21N3O3S. The van der Waals surface area contributed by atoms with Crippen molar-refractivity contribution in [2.45, 2.75) is 47.9 Å². The van der Waals surface area contributed by atoms with Crippen LogP contribution < -0.4 is 5.32 Å². The van der Waals surface area contributed by atoms with E-state index in [2.05, 4.69) is 10.3 Å². The first kappa shape index (κ1) is 17.0. The van der Waals surface area contributed by atoms with E-state index in [0.717, 1.165) is 12.8 Å². The second kappa shape index (κ2) is 6.72. The lowest BCUT2D eigenvalue weighted by atomic mass is 10.0. The van der Waals surface area contributed by atoms with Gasteiger partial charge in [-0.05, 0) is 49.9 Å². The first-order valence-electron chi connectivity index (χ1n) is 8.84. The molecule has 6 nitrogen and oxygen atoms in total. The molecular weight excluding hydrogens is 350 g/mol. The summed E-state index contributed by atoms with van der Waals surface area (Å²) in [7, 11) is -3.36. The Kier molecular flexibility index (Phi) is 4.40. The van der Waals surface area contributed by atoms with Crippen molar-refractivity contribution in [1.29, 1.82) is 0 Å². The number of urea groups is 1. The standard InChI is InChI=1S/C19H21N3O3S/c23-19(21-14-8-10-20-11-9-14)22-15-6-7-16(22)13-18(12-15)26(24,25)17-4-2-1-3-5-17/h1-5,8-11,15-16,18H,6-7,12-13H2,(H,20,21,23)/t15-,16-/m1/s1. The molecule has 1 aromatic heterocycles. The third-order valence-electron chi connectivity index (χ3n) is 5.37. The fourth-order valence-electron chi connectivity index (χ4n) is 4.14. The van der Waals surface area contributed by atoms with Gasteiger partial charge in [0.15, 0.2) is 9.84 Å². The number of sulfone groups is 1. The number of fused-ring (bicyclic) bond motifs is 2. The number of amides is 2. The van der Waals surface area contributed by atoms with Crippen LogP contribution in [0.4, 0.5) is 10.5 Å². The quantitative estimate of drug-likeness (QED) is 0.899. The Labute approximate surface area is 153 Å². The molecule has 0 saturated carbocycles. The molecule has 0 unspecified atom stereocenters. The van der Waals surface area contributed by atoms with Crippen molar-refractivity contribution in [2.24, 2.45) is 0 Å². The fourth-order valence-corrected chi connectivity index (χ4v) is 6.01. The van der Waals surface area contributed by atoms with E-state index in [9.17, 15) is 13.2 Å². The number of piperidine rings is 1. The lowest BCUT2D eigenvalue weighted by molar-refractivity contribution is 0.160. The zero-order valence-corrected chi connectivity index (χ0v) is 15.1. The van der Waals surface area contributed by atoms with E-state index in [1.54, 1.807) is 48.8 Å². The third kappa shape index (κ3) is 3.07. The van der Waals surface area contributed by atoms with E-state index in [4.69, 9.17) is 0 Å². The third-order valence-corrected chi connectivity index (χ3v) is 7.56. The Morgan fingerprint density at radius 3 is 2.23 bits per heavy atom. The molecule has 136 valence electrons. The molecule has 2 saturated heterocycles. The SMILES string of the molecule is O=C(Nc1ccncc1)N1[C@@H]2CC[C@@H]1CC(S(=O)(=O)c1ccccc1)C2. The predicted octanol–water partition coefficient (Wildman–Crippen LogP) is 3.08. The van der Waals surface area contributed by atoms with Gasteiger partial charge in [0.2, 0.25) is 0 Å². The second-order valence-corrected chi connectivity index (χ2v) is 9.14. The van der Waals surface area contributed by atoms with Crippen LogP contribution in [0.5, 0.6) is 0 Å². The monoisotopic (exact) mass is 371 g/mol. The van der Waals surface area contributed by atoms with E-state index in [-0.39, 0.29) is 18.1 Å². The Morgan fingerprint density at radius 1 is 1.00 bits per heavy atom. The van der Waals surface area contributed by atoms with Gasteiger partial charge in [0, 0.05) is 30.2 Å². The number of hydrogen-bond donors (Lipinski definition) is 1. The van der Waals surface area contributed by atoms with Crippen LogP contribution >= 0.6 is 0 Å². The van der Waals surface area contributed by atoms with Crippen molar-refractivity contribution in [3.63, 3.8) is 0 Å². The highest BCUT2D eigenvalue weighted by atomic mass is 32.2. The first-order chi connectivity index (χ1) is 12.6. The summed E-state index contributed by atoms with van der Waals surface area (Å²) in [6, 6.07) is 11.9. The summed E-state index contributed by atoms with van der Waals surface area (Å²) in [5.41, 5.74) is 0.698. The molecule has 2 fully saturated rings. The van der Waals surface area contributed by atoms with Gasteiger partial charge in [0.05, 0.1) is 10.1 Å². The Balaban J connectivity index is 1.50. The van der Waals surface area contributed by atoms with E-state index in [1.807, 2.05) is 11.0 Å². The van der Waals surface area contributed by atoms with Crippen LogP contribution in [0.25, 0.3) is 0 Å². The summed E-state index contributed by atoms with van der Waals surface area (Å²) < 4.78 is 25.9. The fraction of sp³-hybridized carbons (Fsp3) is 0.368. The number of hydrogen-bond acceptors (Lipinski definition) is 4. The molecule has 1 aromatic carbocycles. The molecule has 4 rings (SSSR count). The van der Waals surface area contributed by atoms with Crippen molar-refractivity contribution >= 4 is 21.6 Å². The van der Waals surface area contributed by atoms with Gasteiger partial charge >= 0.3 is 6.03 Å². The van der Waals surface area contributed by atoms with Crippen LogP contribution in [0.2, 0.25) is 0 Å². The highest BCUT2D eigenvalue weighted by Crippen LogP contribution is 2.40. The molecule has 2 bridgehead atoms. The Bertz CT molecular complexity index is 873. The van der Waals surface area contributed by atoms with Crippen LogP contribution in [0.15, 0.2) is 59.8 Å². The molecule has 26 heavy (non-hydrogen) atoms. The summed E-state index contributed by atoms with van der Waals surface area (Å²) >= 11 is 0. The minimum atomic E-state index is -3.36. The van der Waals surface area contributed by atoms with Gasteiger partial charge < -0.3 is 10.2 Å². The van der Waals surface area contributed by atoms with Crippen molar-refractivity contribution in [1.82, 2.24) is 9.88 Å². The number of anilines is 1. The molecule has 2 aliphatic rings. The van der Waals surface area contributed by atoms with E-state index in [1.165, 1.54) is 0 Å². The van der Waals surface area contributed by atoms with Gasteiger partial charge in [0.25, 0.3) is 0 Å². The molecule has 0 radical (unpaired) electrons. The highest BCUT2D eigenvalue weighted by Gasteiger charge is 2.47. The smallest absolute Gasteiger partial charge is 0.318 e. The second-order valence-electron chi connectivity index (χ2n) is 6.91. The Hall–Kier alpha value is -2.41. The zero-order chi connectivity index (χ0) is 18.1. The molecule has 3 heterocycles. The topological polar surface area (TPSA) is 79.4 Å². The van der Waals surface area contributed by atoms with E-state index < -0.39 is 15.1 Å². The highest BCUT2D eigenvalue weighted by molar-refractivity contribution is 7.92. The summed E-state index contributed by atoms with van der Waals surface area (Å²) in [5, 5.41) is 2.47. The zero-order valence-electron chi connectivity index (χ0n) is 14.3. The van der Waals surface area contributed by atoms with Crippen molar-refractivity contribution < 1.29 is 13.2 Å². The average molecular weight is 371 g/mol. The van der Waals surface area contributed by atoms with Crippen molar-refractivity contribution in [3.8, 4) is 0 Å². The molecule has 2 amide bonds. The number of nitrogens with zero attached hydrogens (tertiary/aromatic N) is 2. The molecule has 0 spiro atoms. The minimum Gasteiger partial charge on any atom is -0.318 e. The number of aromatic nitrogens is 1. The average Bonchev–Trinajstić information content (AvgIpc) is 2.93. The molecule has 2 atom stereocenters. The number of benzene rings is 1. The van der Waals surface area contributed by atoms with Gasteiger partial charge in [-0.1, -0.05) is 18.2 Å². The number of carbonyl (C=O) groups excluding carboxylic acids is 1. The largest absolute Gasteiger partial charge is 0.322 e. The summed E-state index contributed by atoms with van der Waals surface area (Å²) in [4.78, 5) is 18.9. The van der Waals surface area contributed by atoms with Crippen LogP contribution in [0.3, 0.4) is 0 Å². The summed E-state index contributed by atoms with van der Waals surface area (Å²) in [6.45, 7) is 0. The molecule has 0 aliphatic carbocycles. The maximum absolute atomic E-state index is 12.9.